The Kier molecular flexibility index (Phi) is 5.24. The summed E-state index contributed by atoms with van der Waals surface area (Å²) in [5.41, 5.74) is -1.32. The number of halogens is 4. The molecule has 0 bridgehead atoms. The number of nitro groups is 2. The fraction of sp³-hybridized carbons (Fsp3) is 0.143. The van der Waals surface area contributed by atoms with Crippen molar-refractivity contribution < 1.29 is 32.1 Å². The third-order valence-corrected chi connectivity index (χ3v) is 3.01. The summed E-state index contributed by atoms with van der Waals surface area (Å²) in [5.74, 6) is -0.607. The van der Waals surface area contributed by atoms with Crippen molar-refractivity contribution in [2.24, 2.45) is 0 Å². The van der Waals surface area contributed by atoms with Crippen molar-refractivity contribution in [1.82, 2.24) is 0 Å². The second kappa shape index (κ2) is 7.21. The molecule has 0 radical (unpaired) electrons. The average Bonchev–Trinajstić information content (AvgIpc) is 2.54. The minimum absolute atomic E-state index is 0.00418. The standard InChI is InChI=1S/C14H9F4N3O5/c15-13(16)14(17,18)26-10-3-1-2-8(6-10)19-11-5-4-9(20(22)23)7-12(11)21(24)25/h1-7,13,19H. The fourth-order valence-corrected chi connectivity index (χ4v) is 1.88. The number of hydrogen-bond acceptors (Lipinski definition) is 6. The van der Waals surface area contributed by atoms with E-state index < -0.39 is 39.5 Å². The first kappa shape index (κ1) is 18.9. The van der Waals surface area contributed by atoms with E-state index in [1.165, 1.54) is 12.1 Å². The lowest BCUT2D eigenvalue weighted by Crippen LogP contribution is -2.33. The van der Waals surface area contributed by atoms with Gasteiger partial charge < -0.3 is 10.1 Å². The van der Waals surface area contributed by atoms with E-state index in [2.05, 4.69) is 10.1 Å². The summed E-state index contributed by atoms with van der Waals surface area (Å²) in [6, 6.07) is 7.17. The lowest BCUT2D eigenvalue weighted by atomic mass is 10.2. The Morgan fingerprint density at radius 3 is 2.31 bits per heavy atom. The van der Waals surface area contributed by atoms with Gasteiger partial charge in [-0.25, -0.2) is 0 Å². The minimum atomic E-state index is -4.71. The van der Waals surface area contributed by atoms with Crippen LogP contribution in [0, 0.1) is 20.2 Å². The van der Waals surface area contributed by atoms with E-state index in [4.69, 9.17) is 0 Å². The first-order valence-electron chi connectivity index (χ1n) is 6.75. The number of alkyl halides is 4. The van der Waals surface area contributed by atoms with E-state index in [1.807, 2.05) is 0 Å². The van der Waals surface area contributed by atoms with Crippen LogP contribution in [-0.2, 0) is 0 Å². The lowest BCUT2D eigenvalue weighted by Gasteiger charge is -2.17. The molecule has 0 spiro atoms. The van der Waals surface area contributed by atoms with Gasteiger partial charge in [-0.05, 0) is 18.2 Å². The molecular weight excluding hydrogens is 366 g/mol. The molecule has 0 unspecified atom stereocenters. The van der Waals surface area contributed by atoms with Crippen LogP contribution >= 0.6 is 0 Å². The summed E-state index contributed by atoms with van der Waals surface area (Å²) < 4.78 is 54.1. The second-order valence-electron chi connectivity index (χ2n) is 4.83. The van der Waals surface area contributed by atoms with Crippen LogP contribution in [0.1, 0.15) is 0 Å². The molecule has 1 N–H and O–H groups in total. The van der Waals surface area contributed by atoms with Crippen molar-refractivity contribution in [3.63, 3.8) is 0 Å². The zero-order valence-corrected chi connectivity index (χ0v) is 12.6. The molecule has 2 aromatic rings. The summed E-state index contributed by atoms with van der Waals surface area (Å²) >= 11 is 0. The fourth-order valence-electron chi connectivity index (χ4n) is 1.88. The van der Waals surface area contributed by atoms with Gasteiger partial charge in [-0.15, -0.1) is 0 Å². The Morgan fingerprint density at radius 1 is 1.04 bits per heavy atom. The molecule has 2 aromatic carbocycles. The molecule has 138 valence electrons. The molecule has 0 aliphatic rings. The van der Waals surface area contributed by atoms with Gasteiger partial charge in [-0.3, -0.25) is 20.2 Å². The number of anilines is 2. The molecule has 0 aromatic heterocycles. The van der Waals surface area contributed by atoms with Gasteiger partial charge in [-0.1, -0.05) is 6.07 Å². The first-order valence-corrected chi connectivity index (χ1v) is 6.75. The zero-order chi connectivity index (χ0) is 19.5. The second-order valence-corrected chi connectivity index (χ2v) is 4.83. The van der Waals surface area contributed by atoms with Gasteiger partial charge in [0.05, 0.1) is 15.9 Å². The maximum absolute atomic E-state index is 12.9. The molecule has 0 aliphatic heterocycles. The van der Waals surface area contributed by atoms with Crippen LogP contribution in [0.15, 0.2) is 42.5 Å². The molecule has 26 heavy (non-hydrogen) atoms. The lowest BCUT2D eigenvalue weighted by molar-refractivity contribution is -0.393. The molecule has 0 saturated carbocycles. The molecular formula is C14H9F4N3O5. The van der Waals surface area contributed by atoms with E-state index in [-0.39, 0.29) is 11.4 Å². The molecule has 8 nitrogen and oxygen atoms in total. The Bertz CT molecular complexity index is 847. The molecule has 2 rings (SSSR count). The van der Waals surface area contributed by atoms with Gasteiger partial charge in [0.1, 0.15) is 11.4 Å². The number of hydrogen-bond donors (Lipinski definition) is 1. The quantitative estimate of drug-likeness (QED) is 0.434. The Hall–Kier alpha value is -3.44. The van der Waals surface area contributed by atoms with Crippen LogP contribution in [0.4, 0.5) is 40.3 Å². The number of non-ortho nitro benzene ring substituents is 1. The molecule has 0 fully saturated rings. The van der Waals surface area contributed by atoms with Gasteiger partial charge in [-0.2, -0.15) is 17.6 Å². The highest BCUT2D eigenvalue weighted by Gasteiger charge is 2.44. The van der Waals surface area contributed by atoms with Crippen molar-refractivity contribution >= 4 is 22.7 Å². The predicted octanol–water partition coefficient (Wildman–Crippen LogP) is 4.48. The molecule has 0 amide bonds. The third-order valence-electron chi connectivity index (χ3n) is 3.01. The minimum Gasteiger partial charge on any atom is -0.428 e. The Labute approximate surface area is 142 Å². The highest BCUT2D eigenvalue weighted by Crippen LogP contribution is 2.33. The van der Waals surface area contributed by atoms with Crippen LogP contribution in [0.3, 0.4) is 0 Å². The van der Waals surface area contributed by atoms with Crippen molar-refractivity contribution in [1.29, 1.82) is 0 Å². The smallest absolute Gasteiger partial charge is 0.428 e. The molecule has 0 saturated heterocycles. The van der Waals surface area contributed by atoms with E-state index in [9.17, 15) is 37.8 Å². The van der Waals surface area contributed by atoms with E-state index in [0.29, 0.717) is 6.07 Å². The molecule has 0 atom stereocenters. The first-order chi connectivity index (χ1) is 12.1. The molecule has 12 heteroatoms. The summed E-state index contributed by atoms with van der Waals surface area (Å²) in [7, 11) is 0. The van der Waals surface area contributed by atoms with Gasteiger partial charge >= 0.3 is 12.5 Å². The predicted molar refractivity (Wildman–Crippen MR) is 81.1 cm³/mol. The third kappa shape index (κ3) is 4.34. The topological polar surface area (TPSA) is 108 Å². The number of ether oxygens (including phenoxy) is 1. The average molecular weight is 375 g/mol. The maximum atomic E-state index is 12.9. The van der Waals surface area contributed by atoms with E-state index in [1.54, 1.807) is 0 Å². The van der Waals surface area contributed by atoms with Crippen LogP contribution in [0.25, 0.3) is 0 Å². The Morgan fingerprint density at radius 2 is 1.73 bits per heavy atom. The van der Waals surface area contributed by atoms with Crippen molar-refractivity contribution in [3.8, 4) is 5.75 Å². The van der Waals surface area contributed by atoms with E-state index >= 15 is 0 Å². The largest absolute Gasteiger partial charge is 0.461 e. The van der Waals surface area contributed by atoms with Gasteiger partial charge in [0.15, 0.2) is 0 Å². The number of rotatable bonds is 7. The SMILES string of the molecule is O=[N+]([O-])c1ccc(Nc2cccc(OC(F)(F)C(F)F)c2)c([N+](=O)[O-])c1. The number of nitrogens with one attached hydrogen (secondary N) is 1. The van der Waals surface area contributed by atoms with Crippen molar-refractivity contribution in [2.45, 2.75) is 12.5 Å². The van der Waals surface area contributed by atoms with Crippen LogP contribution in [0.5, 0.6) is 5.75 Å². The van der Waals surface area contributed by atoms with Gasteiger partial charge in [0, 0.05) is 17.8 Å². The van der Waals surface area contributed by atoms with Gasteiger partial charge in [0.2, 0.25) is 0 Å². The highest BCUT2D eigenvalue weighted by atomic mass is 19.3. The zero-order valence-electron chi connectivity index (χ0n) is 12.6. The van der Waals surface area contributed by atoms with Crippen LogP contribution in [-0.4, -0.2) is 22.4 Å². The normalized spacial score (nSPS) is 11.3. The van der Waals surface area contributed by atoms with Crippen molar-refractivity contribution in [2.75, 3.05) is 5.32 Å². The van der Waals surface area contributed by atoms with Crippen molar-refractivity contribution in [3.05, 3.63) is 62.7 Å². The monoisotopic (exact) mass is 375 g/mol. The highest BCUT2D eigenvalue weighted by molar-refractivity contribution is 5.72. The summed E-state index contributed by atoms with van der Waals surface area (Å²) in [6.45, 7) is 0. The van der Waals surface area contributed by atoms with Gasteiger partial charge in [0.25, 0.3) is 11.4 Å². The Balaban J connectivity index is 2.30. The number of benzene rings is 2. The van der Waals surface area contributed by atoms with Crippen LogP contribution in [0.2, 0.25) is 0 Å². The molecule has 0 aliphatic carbocycles. The summed E-state index contributed by atoms with van der Waals surface area (Å²) in [5, 5.41) is 24.2. The number of nitrogens with zero attached hydrogens (tertiary/aromatic N) is 2. The molecule has 0 heterocycles. The number of nitro benzene ring substituents is 2. The maximum Gasteiger partial charge on any atom is 0.461 e. The summed E-state index contributed by atoms with van der Waals surface area (Å²) in [6.07, 6.45) is -8.76. The van der Waals surface area contributed by atoms with E-state index in [0.717, 1.165) is 24.3 Å². The summed E-state index contributed by atoms with van der Waals surface area (Å²) in [4.78, 5) is 20.0. The van der Waals surface area contributed by atoms with Crippen LogP contribution < -0.4 is 10.1 Å².